The Labute approximate surface area is 119 Å². The van der Waals surface area contributed by atoms with Crippen molar-refractivity contribution in [1.82, 2.24) is 5.32 Å². The average Bonchev–Trinajstić information content (AvgIpc) is 2.38. The lowest BCUT2D eigenvalue weighted by Crippen LogP contribution is -2.40. The van der Waals surface area contributed by atoms with E-state index in [0.29, 0.717) is 24.0 Å². The Morgan fingerprint density at radius 3 is 2.35 bits per heavy atom. The Balaban J connectivity index is 2.63. The van der Waals surface area contributed by atoms with Crippen LogP contribution in [-0.4, -0.2) is 24.5 Å². The number of hydrogen-bond donors (Lipinski definition) is 3. The van der Waals surface area contributed by atoms with Gasteiger partial charge in [-0.15, -0.1) is 0 Å². The maximum atomic E-state index is 12.4. The van der Waals surface area contributed by atoms with Gasteiger partial charge in [0.15, 0.2) is 0 Å². The van der Waals surface area contributed by atoms with Crippen molar-refractivity contribution >= 4 is 11.6 Å². The molecule has 0 aromatic heterocycles. The Morgan fingerprint density at radius 2 is 1.90 bits per heavy atom. The van der Waals surface area contributed by atoms with Gasteiger partial charge in [-0.05, 0) is 50.6 Å². The van der Waals surface area contributed by atoms with E-state index in [9.17, 15) is 9.18 Å². The van der Waals surface area contributed by atoms with Crippen LogP contribution in [0, 0.1) is 0 Å². The Morgan fingerprint density at radius 1 is 1.30 bits per heavy atom. The molecule has 0 fully saturated rings. The van der Waals surface area contributed by atoms with Gasteiger partial charge in [0.05, 0.1) is 6.33 Å². The number of anilines is 1. The molecular formula is C15H22FN3O. The second-order valence-electron chi connectivity index (χ2n) is 5.61. The molecule has 1 aromatic rings. The number of halogens is 1. The summed E-state index contributed by atoms with van der Waals surface area (Å²) in [5, 5.41) is 5.93. The third kappa shape index (κ3) is 5.40. The van der Waals surface area contributed by atoms with E-state index in [1.165, 1.54) is 0 Å². The first-order valence-corrected chi connectivity index (χ1v) is 6.50. The number of amides is 1. The minimum atomic E-state index is -0.268. The highest BCUT2D eigenvalue weighted by Gasteiger charge is 2.14. The highest BCUT2D eigenvalue weighted by atomic mass is 19.1. The van der Waals surface area contributed by atoms with Crippen molar-refractivity contribution in [2.45, 2.75) is 26.3 Å². The lowest BCUT2D eigenvalue weighted by Gasteiger charge is -2.20. The molecule has 4 N–H and O–H groups in total. The Kier molecular flexibility index (Phi) is 5.70. The second kappa shape index (κ2) is 7.05. The predicted octanol–water partition coefficient (Wildman–Crippen LogP) is 2.44. The smallest absolute Gasteiger partial charge is 0.251 e. The number of carbonyl (C=O) groups is 1. The lowest BCUT2D eigenvalue weighted by molar-refractivity contribution is 0.0919. The molecule has 0 aliphatic carbocycles. The summed E-state index contributed by atoms with van der Waals surface area (Å²) in [5.74, 6) is -0.115. The van der Waals surface area contributed by atoms with E-state index in [1.54, 1.807) is 24.3 Å². The van der Waals surface area contributed by atoms with E-state index in [4.69, 9.17) is 5.73 Å². The predicted molar refractivity (Wildman–Crippen MR) is 80.4 cm³/mol. The minimum Gasteiger partial charge on any atom is -0.381 e. The van der Waals surface area contributed by atoms with E-state index in [1.807, 2.05) is 20.8 Å². The SMILES string of the molecule is CC(C)(C)NC(=O)c1ccc(NC/C(=C/F)CN)cc1. The van der Waals surface area contributed by atoms with Crippen molar-refractivity contribution in [3.8, 4) is 0 Å². The Bertz CT molecular complexity index is 475. The van der Waals surface area contributed by atoms with Crippen molar-refractivity contribution in [3.63, 3.8) is 0 Å². The summed E-state index contributed by atoms with van der Waals surface area (Å²) in [7, 11) is 0. The maximum absolute atomic E-state index is 12.4. The first-order valence-electron chi connectivity index (χ1n) is 6.50. The van der Waals surface area contributed by atoms with Gasteiger partial charge in [-0.3, -0.25) is 4.79 Å². The molecule has 0 aliphatic rings. The number of nitrogens with two attached hydrogens (primary N) is 1. The van der Waals surface area contributed by atoms with Gasteiger partial charge in [0.25, 0.3) is 5.91 Å². The molecule has 0 unspecified atom stereocenters. The van der Waals surface area contributed by atoms with Gasteiger partial charge in [-0.2, -0.15) is 0 Å². The van der Waals surface area contributed by atoms with Crippen LogP contribution in [-0.2, 0) is 0 Å². The van der Waals surface area contributed by atoms with Crippen LogP contribution in [0.2, 0.25) is 0 Å². The van der Waals surface area contributed by atoms with Gasteiger partial charge >= 0.3 is 0 Å². The van der Waals surface area contributed by atoms with Crippen LogP contribution in [0.4, 0.5) is 10.1 Å². The fourth-order valence-electron chi connectivity index (χ4n) is 1.52. The third-order valence-corrected chi connectivity index (χ3v) is 2.57. The fourth-order valence-corrected chi connectivity index (χ4v) is 1.52. The highest BCUT2D eigenvalue weighted by molar-refractivity contribution is 5.94. The van der Waals surface area contributed by atoms with Crippen LogP contribution < -0.4 is 16.4 Å². The molecule has 1 rings (SSSR count). The van der Waals surface area contributed by atoms with E-state index in [0.717, 1.165) is 5.69 Å². The van der Waals surface area contributed by atoms with E-state index in [2.05, 4.69) is 10.6 Å². The van der Waals surface area contributed by atoms with Crippen molar-refractivity contribution in [1.29, 1.82) is 0 Å². The summed E-state index contributed by atoms with van der Waals surface area (Å²) in [6.45, 7) is 6.31. The van der Waals surface area contributed by atoms with Crippen LogP contribution in [0.25, 0.3) is 0 Å². The molecule has 0 aliphatic heterocycles. The van der Waals surface area contributed by atoms with Gasteiger partial charge in [0, 0.05) is 29.9 Å². The zero-order valence-electron chi connectivity index (χ0n) is 12.2. The van der Waals surface area contributed by atoms with Crippen LogP contribution in [0.15, 0.2) is 36.2 Å². The third-order valence-electron chi connectivity index (χ3n) is 2.57. The highest BCUT2D eigenvalue weighted by Crippen LogP contribution is 2.11. The molecule has 0 atom stereocenters. The van der Waals surface area contributed by atoms with Crippen LogP contribution >= 0.6 is 0 Å². The van der Waals surface area contributed by atoms with Crippen molar-refractivity contribution in [2.24, 2.45) is 5.73 Å². The van der Waals surface area contributed by atoms with Gasteiger partial charge in [-0.1, -0.05) is 0 Å². The maximum Gasteiger partial charge on any atom is 0.251 e. The van der Waals surface area contributed by atoms with E-state index >= 15 is 0 Å². The standard InChI is InChI=1S/C15H22FN3O/c1-15(2,3)19-14(20)12-4-6-13(7-5-12)18-10-11(8-16)9-17/h4-8,18H,9-10,17H2,1-3H3,(H,19,20)/b11-8+. The van der Waals surface area contributed by atoms with Crippen LogP contribution in [0.3, 0.4) is 0 Å². The molecule has 110 valence electrons. The summed E-state index contributed by atoms with van der Waals surface area (Å²) in [4.78, 5) is 11.9. The van der Waals surface area contributed by atoms with Crippen molar-refractivity contribution < 1.29 is 9.18 Å². The minimum absolute atomic E-state index is 0.115. The Hall–Kier alpha value is -1.88. The zero-order chi connectivity index (χ0) is 15.2. The van der Waals surface area contributed by atoms with Crippen molar-refractivity contribution in [3.05, 3.63) is 41.7 Å². The number of rotatable bonds is 5. The molecule has 0 spiro atoms. The molecule has 0 heterocycles. The van der Waals surface area contributed by atoms with Gasteiger partial charge in [0.2, 0.25) is 0 Å². The largest absolute Gasteiger partial charge is 0.381 e. The van der Waals surface area contributed by atoms with Gasteiger partial charge in [0.1, 0.15) is 0 Å². The molecule has 1 aromatic carbocycles. The lowest BCUT2D eigenvalue weighted by atomic mass is 10.1. The molecule has 4 nitrogen and oxygen atoms in total. The first kappa shape index (κ1) is 16.2. The summed E-state index contributed by atoms with van der Waals surface area (Å²) < 4.78 is 12.4. The fraction of sp³-hybridized carbons (Fsp3) is 0.400. The topological polar surface area (TPSA) is 67.2 Å². The van der Waals surface area contributed by atoms with Crippen molar-refractivity contribution in [2.75, 3.05) is 18.4 Å². The normalized spacial score (nSPS) is 12.2. The summed E-state index contributed by atoms with van der Waals surface area (Å²) in [6, 6.07) is 7.02. The van der Waals surface area contributed by atoms with Crippen LogP contribution in [0.5, 0.6) is 0 Å². The van der Waals surface area contributed by atoms with E-state index in [-0.39, 0.29) is 18.0 Å². The summed E-state index contributed by atoms with van der Waals surface area (Å²) >= 11 is 0. The van der Waals surface area contributed by atoms with Crippen LogP contribution in [0.1, 0.15) is 31.1 Å². The molecule has 0 saturated carbocycles. The summed E-state index contributed by atoms with van der Waals surface area (Å²) in [5.41, 5.74) is 6.99. The monoisotopic (exact) mass is 279 g/mol. The molecule has 5 heteroatoms. The number of carbonyl (C=O) groups excluding carboxylic acids is 1. The zero-order valence-corrected chi connectivity index (χ0v) is 12.2. The molecule has 0 saturated heterocycles. The molecule has 0 radical (unpaired) electrons. The number of hydrogen-bond acceptors (Lipinski definition) is 3. The van der Waals surface area contributed by atoms with Gasteiger partial charge < -0.3 is 16.4 Å². The molecule has 1 amide bonds. The van der Waals surface area contributed by atoms with E-state index < -0.39 is 0 Å². The molecular weight excluding hydrogens is 257 g/mol. The summed E-state index contributed by atoms with van der Waals surface area (Å²) in [6.07, 6.45) is 0.512. The molecule has 20 heavy (non-hydrogen) atoms. The number of benzene rings is 1. The van der Waals surface area contributed by atoms with Gasteiger partial charge in [-0.25, -0.2) is 4.39 Å². The number of nitrogens with one attached hydrogen (secondary N) is 2. The molecule has 0 bridgehead atoms. The quantitative estimate of drug-likeness (QED) is 0.775. The second-order valence-corrected chi connectivity index (χ2v) is 5.61. The average molecular weight is 279 g/mol. The first-order chi connectivity index (χ1) is 9.35.